The molecule has 3 nitrogen and oxygen atoms in total. The molecule has 0 aromatic carbocycles. The Bertz CT molecular complexity index is 321. The van der Waals surface area contributed by atoms with Crippen molar-refractivity contribution in [1.29, 1.82) is 0 Å². The molecule has 4 heteroatoms. The Labute approximate surface area is 101 Å². The molecule has 16 heavy (non-hydrogen) atoms. The molecule has 0 spiro atoms. The highest BCUT2D eigenvalue weighted by Gasteiger charge is 2.17. The maximum Gasteiger partial charge on any atom is 0.0672 e. The van der Waals surface area contributed by atoms with Crippen molar-refractivity contribution in [3.05, 3.63) is 18.0 Å². The summed E-state index contributed by atoms with van der Waals surface area (Å²) in [6, 6.07) is 0. The van der Waals surface area contributed by atoms with Crippen molar-refractivity contribution in [3.8, 4) is 0 Å². The van der Waals surface area contributed by atoms with E-state index in [9.17, 15) is 5.11 Å². The lowest BCUT2D eigenvalue weighted by molar-refractivity contribution is 0.200. The molecule has 2 rings (SSSR count). The number of aryl methyl sites for hydroxylation is 1. The molecule has 1 atom stereocenters. The van der Waals surface area contributed by atoms with Gasteiger partial charge >= 0.3 is 0 Å². The van der Waals surface area contributed by atoms with Crippen LogP contribution in [0.5, 0.6) is 0 Å². The number of rotatable bonds is 5. The smallest absolute Gasteiger partial charge is 0.0672 e. The minimum absolute atomic E-state index is 0.227. The normalized spacial score (nSPS) is 19.1. The lowest BCUT2D eigenvalue weighted by Gasteiger charge is -2.12. The van der Waals surface area contributed by atoms with Gasteiger partial charge in [-0.2, -0.15) is 16.9 Å². The van der Waals surface area contributed by atoms with Crippen molar-refractivity contribution in [2.45, 2.75) is 43.5 Å². The highest BCUT2D eigenvalue weighted by molar-refractivity contribution is 7.99. The molecular formula is C12H20N2OS. The van der Waals surface area contributed by atoms with Gasteiger partial charge in [0.25, 0.3) is 0 Å². The van der Waals surface area contributed by atoms with E-state index < -0.39 is 0 Å². The second-order valence-corrected chi connectivity index (χ2v) is 5.95. The van der Waals surface area contributed by atoms with E-state index >= 15 is 0 Å². The number of nitrogens with zero attached hydrogens (tertiary/aromatic N) is 2. The van der Waals surface area contributed by atoms with E-state index in [1.54, 1.807) is 4.68 Å². The minimum Gasteiger partial charge on any atom is -0.392 e. The van der Waals surface area contributed by atoms with Gasteiger partial charge in [0.15, 0.2) is 0 Å². The first kappa shape index (κ1) is 12.0. The van der Waals surface area contributed by atoms with Gasteiger partial charge in [0.05, 0.1) is 12.3 Å². The zero-order valence-electron chi connectivity index (χ0n) is 9.80. The van der Waals surface area contributed by atoms with Gasteiger partial charge in [0.1, 0.15) is 0 Å². The number of aromatic nitrogens is 2. The molecule has 0 saturated heterocycles. The lowest BCUT2D eigenvalue weighted by Crippen LogP contribution is -2.15. The average Bonchev–Trinajstić information content (AvgIpc) is 2.87. The van der Waals surface area contributed by atoms with Crippen LogP contribution in [-0.2, 0) is 13.5 Å². The first-order valence-electron chi connectivity index (χ1n) is 6.01. The van der Waals surface area contributed by atoms with Crippen LogP contribution in [0.15, 0.2) is 12.4 Å². The number of hydrogen-bond donors (Lipinski definition) is 1. The largest absolute Gasteiger partial charge is 0.392 e. The summed E-state index contributed by atoms with van der Waals surface area (Å²) in [5.74, 6) is 0.861. The molecule has 1 fully saturated rings. The molecule has 1 aliphatic rings. The number of hydrogen-bond acceptors (Lipinski definition) is 3. The predicted octanol–water partition coefficient (Wildman–Crippen LogP) is 2.00. The van der Waals surface area contributed by atoms with Crippen LogP contribution in [-0.4, -0.2) is 32.0 Å². The molecule has 0 bridgehead atoms. The molecule has 90 valence electrons. The molecule has 1 unspecified atom stereocenters. The summed E-state index contributed by atoms with van der Waals surface area (Å²) in [5.41, 5.74) is 1.13. The van der Waals surface area contributed by atoms with Gasteiger partial charge in [0, 0.05) is 30.7 Å². The van der Waals surface area contributed by atoms with Crippen LogP contribution in [0.4, 0.5) is 0 Å². The van der Waals surface area contributed by atoms with Crippen LogP contribution in [0, 0.1) is 0 Å². The van der Waals surface area contributed by atoms with Crippen molar-refractivity contribution in [1.82, 2.24) is 9.78 Å². The Hall–Kier alpha value is -0.480. The van der Waals surface area contributed by atoms with Gasteiger partial charge < -0.3 is 5.11 Å². The first-order chi connectivity index (χ1) is 7.74. The van der Waals surface area contributed by atoms with Crippen molar-refractivity contribution in [2.24, 2.45) is 7.05 Å². The number of aliphatic hydroxyl groups is 1. The highest BCUT2D eigenvalue weighted by atomic mass is 32.2. The third kappa shape index (κ3) is 3.52. The van der Waals surface area contributed by atoms with Crippen molar-refractivity contribution < 1.29 is 5.11 Å². The highest BCUT2D eigenvalue weighted by Crippen LogP contribution is 2.29. The molecular weight excluding hydrogens is 220 g/mol. The Kier molecular flexibility index (Phi) is 4.29. The minimum atomic E-state index is -0.227. The lowest BCUT2D eigenvalue weighted by atomic mass is 10.2. The predicted molar refractivity (Wildman–Crippen MR) is 67.6 cm³/mol. The number of aliphatic hydroxyl groups excluding tert-OH is 1. The summed E-state index contributed by atoms with van der Waals surface area (Å²) in [5, 5.41) is 14.8. The molecule has 0 aliphatic heterocycles. The molecule has 1 heterocycles. The fraction of sp³-hybridized carbons (Fsp3) is 0.750. The fourth-order valence-electron chi connectivity index (χ4n) is 2.21. The summed E-state index contributed by atoms with van der Waals surface area (Å²) in [7, 11) is 1.91. The third-order valence-corrected chi connectivity index (χ3v) is 4.58. The summed E-state index contributed by atoms with van der Waals surface area (Å²) in [6.07, 6.45) is 9.73. The Morgan fingerprint density at radius 2 is 2.31 bits per heavy atom. The average molecular weight is 240 g/mol. The standard InChI is InChI=1S/C12H20N2OS/c1-14-8-10(7-13-14)6-11(15)9-16-12-4-2-3-5-12/h7-8,11-12,15H,2-6,9H2,1H3. The Balaban J connectivity index is 1.69. The number of thioether (sulfide) groups is 1. The molecule has 0 amide bonds. The first-order valence-corrected chi connectivity index (χ1v) is 7.06. The van der Waals surface area contributed by atoms with Gasteiger partial charge in [-0.3, -0.25) is 4.68 Å². The fourth-order valence-corrected chi connectivity index (χ4v) is 3.49. The zero-order valence-corrected chi connectivity index (χ0v) is 10.6. The van der Waals surface area contributed by atoms with E-state index in [4.69, 9.17) is 0 Å². The van der Waals surface area contributed by atoms with Crippen LogP contribution in [0.2, 0.25) is 0 Å². The maximum absolute atomic E-state index is 9.91. The van der Waals surface area contributed by atoms with Crippen LogP contribution >= 0.6 is 11.8 Å². The topological polar surface area (TPSA) is 38.0 Å². The van der Waals surface area contributed by atoms with E-state index in [0.29, 0.717) is 0 Å². The van der Waals surface area contributed by atoms with E-state index in [2.05, 4.69) is 5.10 Å². The molecule has 0 radical (unpaired) electrons. The SMILES string of the molecule is Cn1cc(CC(O)CSC2CCCC2)cn1. The summed E-state index contributed by atoms with van der Waals surface area (Å²) >= 11 is 1.94. The summed E-state index contributed by atoms with van der Waals surface area (Å²) in [4.78, 5) is 0. The van der Waals surface area contributed by atoms with Gasteiger partial charge in [-0.05, 0) is 18.4 Å². The molecule has 1 aliphatic carbocycles. The second-order valence-electron chi connectivity index (χ2n) is 4.62. The molecule has 1 saturated carbocycles. The Morgan fingerprint density at radius 1 is 1.56 bits per heavy atom. The summed E-state index contributed by atoms with van der Waals surface area (Å²) < 4.78 is 1.78. The van der Waals surface area contributed by atoms with Crippen molar-refractivity contribution in [3.63, 3.8) is 0 Å². The van der Waals surface area contributed by atoms with E-state index in [1.165, 1.54) is 25.7 Å². The van der Waals surface area contributed by atoms with Gasteiger partial charge in [0.2, 0.25) is 0 Å². The van der Waals surface area contributed by atoms with Gasteiger partial charge in [-0.1, -0.05) is 12.8 Å². The second kappa shape index (κ2) is 5.73. The zero-order chi connectivity index (χ0) is 11.4. The molecule has 1 aromatic rings. The van der Waals surface area contributed by atoms with Crippen LogP contribution in [0.1, 0.15) is 31.2 Å². The Morgan fingerprint density at radius 3 is 2.94 bits per heavy atom. The monoisotopic (exact) mass is 240 g/mol. The third-order valence-electron chi connectivity index (χ3n) is 3.06. The van der Waals surface area contributed by atoms with Crippen molar-refractivity contribution in [2.75, 3.05) is 5.75 Å². The van der Waals surface area contributed by atoms with Gasteiger partial charge in [-0.15, -0.1) is 0 Å². The van der Waals surface area contributed by atoms with Crippen LogP contribution < -0.4 is 0 Å². The van der Waals surface area contributed by atoms with Crippen LogP contribution in [0.25, 0.3) is 0 Å². The van der Waals surface area contributed by atoms with E-state index in [0.717, 1.165) is 23.0 Å². The van der Waals surface area contributed by atoms with E-state index in [-0.39, 0.29) is 6.10 Å². The van der Waals surface area contributed by atoms with E-state index in [1.807, 2.05) is 31.2 Å². The maximum atomic E-state index is 9.91. The summed E-state index contributed by atoms with van der Waals surface area (Å²) in [6.45, 7) is 0. The molecule has 1 aromatic heterocycles. The van der Waals surface area contributed by atoms with Gasteiger partial charge in [-0.25, -0.2) is 0 Å². The quantitative estimate of drug-likeness (QED) is 0.855. The molecule has 1 N–H and O–H groups in total. The van der Waals surface area contributed by atoms with Crippen molar-refractivity contribution >= 4 is 11.8 Å². The van der Waals surface area contributed by atoms with Crippen LogP contribution in [0.3, 0.4) is 0 Å².